The van der Waals surface area contributed by atoms with Crippen LogP contribution in [0.2, 0.25) is 0 Å². The SMILES string of the molecule is CC(C)(C)OC(=O)N1C2CCC1CC(Oc1ccc(-c3n[nH]c4ccc(C(=O)NC(c5ccccc5)C5CC5)cc34)cc1)C2. The topological polar surface area (TPSA) is 96.5 Å². The van der Waals surface area contributed by atoms with Gasteiger partial charge in [0.05, 0.1) is 17.3 Å². The summed E-state index contributed by atoms with van der Waals surface area (Å²) in [5.74, 6) is 1.22. The van der Waals surface area contributed by atoms with Crippen molar-refractivity contribution in [1.82, 2.24) is 20.4 Å². The average molecular weight is 593 g/mol. The van der Waals surface area contributed by atoms with Crippen LogP contribution < -0.4 is 10.1 Å². The Morgan fingerprint density at radius 2 is 1.64 bits per heavy atom. The van der Waals surface area contributed by atoms with Gasteiger partial charge in [0, 0.05) is 41.4 Å². The number of aromatic nitrogens is 2. The lowest BCUT2D eigenvalue weighted by Crippen LogP contribution is -2.50. The fourth-order valence-corrected chi connectivity index (χ4v) is 6.88. The Balaban J connectivity index is 1.03. The van der Waals surface area contributed by atoms with Gasteiger partial charge in [0.2, 0.25) is 0 Å². The first-order valence-corrected chi connectivity index (χ1v) is 15.8. The third-order valence-electron chi connectivity index (χ3n) is 9.09. The number of fused-ring (bicyclic) bond motifs is 3. The second kappa shape index (κ2) is 11.3. The first-order chi connectivity index (χ1) is 21.2. The van der Waals surface area contributed by atoms with Crippen LogP contribution in [-0.2, 0) is 4.74 Å². The van der Waals surface area contributed by atoms with E-state index in [1.165, 1.54) is 0 Å². The molecule has 2 amide bonds. The van der Waals surface area contributed by atoms with Crippen LogP contribution in [-0.4, -0.2) is 50.9 Å². The van der Waals surface area contributed by atoms with Crippen LogP contribution in [0.1, 0.15) is 81.3 Å². The lowest BCUT2D eigenvalue weighted by atomic mass is 10.00. The van der Waals surface area contributed by atoms with Gasteiger partial charge in [-0.2, -0.15) is 5.10 Å². The molecular formula is C36H40N4O4. The summed E-state index contributed by atoms with van der Waals surface area (Å²) in [6, 6.07) is 24.3. The van der Waals surface area contributed by atoms with Crippen molar-refractivity contribution in [3.05, 3.63) is 83.9 Å². The zero-order valence-electron chi connectivity index (χ0n) is 25.6. The number of carbonyl (C=O) groups is 2. The van der Waals surface area contributed by atoms with Crippen LogP contribution in [0.15, 0.2) is 72.8 Å². The molecule has 1 aromatic heterocycles. The van der Waals surface area contributed by atoms with E-state index < -0.39 is 5.60 Å². The standard InChI is InChI=1S/C36H40N4O4/c1-36(2,3)44-35(42)40-26-14-15-27(40)21-29(20-26)43-28-16-11-24(12-17-28)33-30-19-25(13-18-31(30)38-39-33)34(41)37-32(23-9-10-23)22-7-5-4-6-8-22/h4-8,11-13,16-19,23,26-27,29,32H,9-10,14-15,20-21H2,1-3H3,(H,37,41)(H,38,39). The van der Waals surface area contributed by atoms with Gasteiger partial charge in [-0.1, -0.05) is 30.3 Å². The molecule has 4 aromatic rings. The molecule has 2 N–H and O–H groups in total. The number of hydrogen-bond acceptors (Lipinski definition) is 5. The van der Waals surface area contributed by atoms with Gasteiger partial charge >= 0.3 is 6.09 Å². The van der Waals surface area contributed by atoms with E-state index in [4.69, 9.17) is 9.47 Å². The number of rotatable bonds is 7. The first kappa shape index (κ1) is 28.4. The molecule has 3 fully saturated rings. The molecule has 3 atom stereocenters. The molecule has 1 saturated carbocycles. The van der Waals surface area contributed by atoms with Gasteiger partial charge in [-0.15, -0.1) is 0 Å². The largest absolute Gasteiger partial charge is 0.490 e. The Bertz CT molecular complexity index is 1640. The Morgan fingerprint density at radius 1 is 0.932 bits per heavy atom. The molecule has 3 unspecified atom stereocenters. The van der Waals surface area contributed by atoms with Gasteiger partial charge < -0.3 is 19.7 Å². The predicted molar refractivity (Wildman–Crippen MR) is 169 cm³/mol. The van der Waals surface area contributed by atoms with Crippen molar-refractivity contribution in [3.8, 4) is 17.0 Å². The van der Waals surface area contributed by atoms with Crippen molar-refractivity contribution in [2.75, 3.05) is 0 Å². The van der Waals surface area contributed by atoms with Crippen molar-refractivity contribution in [3.63, 3.8) is 0 Å². The van der Waals surface area contributed by atoms with E-state index in [0.29, 0.717) is 11.5 Å². The maximum absolute atomic E-state index is 13.4. The molecule has 44 heavy (non-hydrogen) atoms. The molecule has 7 rings (SSSR count). The molecule has 228 valence electrons. The summed E-state index contributed by atoms with van der Waals surface area (Å²) in [5.41, 5.74) is 3.89. The molecule has 2 bridgehead atoms. The van der Waals surface area contributed by atoms with Gasteiger partial charge in [-0.3, -0.25) is 9.89 Å². The number of ether oxygens (including phenoxy) is 2. The smallest absolute Gasteiger partial charge is 0.410 e. The maximum Gasteiger partial charge on any atom is 0.410 e. The first-order valence-electron chi connectivity index (χ1n) is 15.8. The van der Waals surface area contributed by atoms with Gasteiger partial charge in [0.25, 0.3) is 5.91 Å². The van der Waals surface area contributed by atoms with Gasteiger partial charge in [0.1, 0.15) is 17.5 Å². The number of amides is 2. The van der Waals surface area contributed by atoms with Crippen molar-refractivity contribution in [2.24, 2.45) is 5.92 Å². The minimum atomic E-state index is -0.499. The van der Waals surface area contributed by atoms with E-state index in [2.05, 4.69) is 27.6 Å². The average Bonchev–Trinajstić information content (AvgIpc) is 3.69. The number of carbonyl (C=O) groups excluding carboxylic acids is 2. The van der Waals surface area contributed by atoms with E-state index in [1.54, 1.807) is 0 Å². The summed E-state index contributed by atoms with van der Waals surface area (Å²) in [5, 5.41) is 11.9. The van der Waals surface area contributed by atoms with Crippen molar-refractivity contribution < 1.29 is 19.1 Å². The van der Waals surface area contributed by atoms with Gasteiger partial charge in [0.15, 0.2) is 0 Å². The van der Waals surface area contributed by atoms with E-state index in [9.17, 15) is 9.59 Å². The van der Waals surface area contributed by atoms with Gasteiger partial charge in [-0.05, 0) is 100 Å². The van der Waals surface area contributed by atoms with Crippen LogP contribution in [0, 0.1) is 5.92 Å². The summed E-state index contributed by atoms with van der Waals surface area (Å²) in [6.45, 7) is 5.72. The second-order valence-electron chi connectivity index (χ2n) is 13.5. The van der Waals surface area contributed by atoms with Crippen LogP contribution in [0.4, 0.5) is 4.79 Å². The number of nitrogens with one attached hydrogen (secondary N) is 2. The van der Waals surface area contributed by atoms with Crippen molar-refractivity contribution in [2.45, 2.75) is 89.1 Å². The maximum atomic E-state index is 13.4. The number of aromatic amines is 1. The molecule has 0 radical (unpaired) electrons. The van der Waals surface area contributed by atoms with Crippen molar-refractivity contribution in [1.29, 1.82) is 0 Å². The lowest BCUT2D eigenvalue weighted by molar-refractivity contribution is -0.00708. The highest BCUT2D eigenvalue weighted by atomic mass is 16.6. The third kappa shape index (κ3) is 5.90. The Morgan fingerprint density at radius 3 is 2.30 bits per heavy atom. The molecule has 3 aromatic carbocycles. The quantitative estimate of drug-likeness (QED) is 0.233. The number of benzene rings is 3. The fourth-order valence-electron chi connectivity index (χ4n) is 6.88. The molecule has 3 heterocycles. The van der Waals surface area contributed by atoms with E-state index in [-0.39, 0.29) is 36.2 Å². The highest BCUT2D eigenvalue weighted by Gasteiger charge is 2.45. The molecule has 0 spiro atoms. The van der Waals surface area contributed by atoms with Crippen LogP contribution in [0.5, 0.6) is 5.75 Å². The number of nitrogens with zero attached hydrogens (tertiary/aromatic N) is 2. The third-order valence-corrected chi connectivity index (χ3v) is 9.09. The normalized spacial score (nSPS) is 22.1. The molecule has 8 heteroatoms. The zero-order chi connectivity index (χ0) is 30.4. The predicted octanol–water partition coefficient (Wildman–Crippen LogP) is 7.42. The van der Waals surface area contributed by atoms with E-state index in [0.717, 1.165) is 72.0 Å². The summed E-state index contributed by atoms with van der Waals surface area (Å²) in [6.07, 6.45) is 5.70. The molecular weight excluding hydrogens is 552 g/mol. The summed E-state index contributed by atoms with van der Waals surface area (Å²) in [7, 11) is 0. The Labute approximate surface area is 258 Å². The Kier molecular flexibility index (Phi) is 7.31. The molecule has 2 saturated heterocycles. The minimum absolute atomic E-state index is 0.0236. The molecule has 1 aliphatic carbocycles. The summed E-state index contributed by atoms with van der Waals surface area (Å²) < 4.78 is 12.1. The molecule has 2 aliphatic heterocycles. The Hall–Kier alpha value is -4.33. The van der Waals surface area contributed by atoms with Crippen LogP contribution >= 0.6 is 0 Å². The number of hydrogen-bond donors (Lipinski definition) is 2. The second-order valence-corrected chi connectivity index (χ2v) is 13.5. The van der Waals surface area contributed by atoms with Crippen molar-refractivity contribution >= 4 is 22.9 Å². The molecule has 8 nitrogen and oxygen atoms in total. The highest BCUT2D eigenvalue weighted by Crippen LogP contribution is 2.41. The monoisotopic (exact) mass is 592 g/mol. The fraction of sp³-hybridized carbons (Fsp3) is 0.417. The zero-order valence-corrected chi connectivity index (χ0v) is 25.6. The van der Waals surface area contributed by atoms with Gasteiger partial charge in [-0.25, -0.2) is 4.79 Å². The van der Waals surface area contributed by atoms with E-state index in [1.807, 2.05) is 86.3 Å². The number of H-pyrrole nitrogens is 1. The van der Waals surface area contributed by atoms with Crippen LogP contribution in [0.3, 0.4) is 0 Å². The summed E-state index contributed by atoms with van der Waals surface area (Å²) in [4.78, 5) is 28.1. The number of piperidine rings is 1. The highest BCUT2D eigenvalue weighted by molar-refractivity contribution is 6.01. The minimum Gasteiger partial charge on any atom is -0.490 e. The van der Waals surface area contributed by atoms with Crippen LogP contribution in [0.25, 0.3) is 22.2 Å². The summed E-state index contributed by atoms with van der Waals surface area (Å²) >= 11 is 0. The molecule has 3 aliphatic rings. The lowest BCUT2D eigenvalue weighted by Gasteiger charge is -2.39. The van der Waals surface area contributed by atoms with E-state index >= 15 is 0 Å².